The molecule has 0 bridgehead atoms. The van der Waals surface area contributed by atoms with E-state index in [4.69, 9.17) is 4.52 Å². The van der Waals surface area contributed by atoms with Crippen LogP contribution in [0, 0.1) is 0 Å². The summed E-state index contributed by atoms with van der Waals surface area (Å²) in [5.41, 5.74) is -1.24. The molecule has 2 heterocycles. The molecular formula is C16H25N3O4. The zero-order valence-electron chi connectivity index (χ0n) is 14.3. The Morgan fingerprint density at radius 2 is 2.09 bits per heavy atom. The van der Waals surface area contributed by atoms with Crippen molar-refractivity contribution in [1.29, 1.82) is 0 Å². The van der Waals surface area contributed by atoms with Crippen LogP contribution in [-0.4, -0.2) is 44.1 Å². The number of carboxylic acid groups (broad SMARTS) is 1. The van der Waals surface area contributed by atoms with Crippen molar-refractivity contribution in [3.05, 3.63) is 11.7 Å². The lowest BCUT2D eigenvalue weighted by molar-refractivity contribution is -0.155. The molecule has 0 aromatic carbocycles. The number of aliphatic carboxylic acids is 1. The topological polar surface area (TPSA) is 96.5 Å². The molecule has 23 heavy (non-hydrogen) atoms. The summed E-state index contributed by atoms with van der Waals surface area (Å²) in [7, 11) is 0. The predicted molar refractivity (Wildman–Crippen MR) is 82.9 cm³/mol. The maximum absolute atomic E-state index is 12.3. The van der Waals surface area contributed by atoms with Gasteiger partial charge < -0.3 is 14.5 Å². The van der Waals surface area contributed by atoms with Gasteiger partial charge in [0, 0.05) is 24.8 Å². The summed E-state index contributed by atoms with van der Waals surface area (Å²) in [5, 5.41) is 13.3. The lowest BCUT2D eigenvalue weighted by Crippen LogP contribution is -2.50. The summed E-state index contributed by atoms with van der Waals surface area (Å²) >= 11 is 0. The zero-order chi connectivity index (χ0) is 17.3. The van der Waals surface area contributed by atoms with Crippen LogP contribution in [0.1, 0.15) is 65.1 Å². The molecule has 0 radical (unpaired) electrons. The molecule has 1 atom stereocenters. The highest BCUT2D eigenvalue weighted by Crippen LogP contribution is 2.30. The first-order valence-corrected chi connectivity index (χ1v) is 8.01. The Labute approximate surface area is 136 Å². The largest absolute Gasteiger partial charge is 0.480 e. The second kappa shape index (κ2) is 6.29. The van der Waals surface area contributed by atoms with Crippen molar-refractivity contribution >= 4 is 11.9 Å². The van der Waals surface area contributed by atoms with Gasteiger partial charge >= 0.3 is 5.97 Å². The van der Waals surface area contributed by atoms with Gasteiger partial charge in [-0.1, -0.05) is 25.9 Å². The van der Waals surface area contributed by atoms with E-state index in [1.165, 1.54) is 4.90 Å². The van der Waals surface area contributed by atoms with Crippen LogP contribution >= 0.6 is 0 Å². The molecule has 1 amide bonds. The van der Waals surface area contributed by atoms with Gasteiger partial charge in [-0.15, -0.1) is 0 Å². The van der Waals surface area contributed by atoms with Gasteiger partial charge in [-0.25, -0.2) is 4.79 Å². The lowest BCUT2D eigenvalue weighted by Gasteiger charge is -2.31. The number of nitrogens with zero attached hydrogens (tertiary/aromatic N) is 3. The Balaban J connectivity index is 1.88. The Bertz CT molecular complexity index is 590. The highest BCUT2D eigenvalue weighted by Gasteiger charge is 2.45. The van der Waals surface area contributed by atoms with Crippen molar-refractivity contribution in [3.8, 4) is 0 Å². The van der Waals surface area contributed by atoms with Crippen molar-refractivity contribution in [2.75, 3.05) is 6.54 Å². The Kier molecular flexibility index (Phi) is 4.77. The molecule has 0 saturated carbocycles. The molecule has 1 aliphatic rings. The number of hydrogen-bond donors (Lipinski definition) is 1. The molecule has 1 aromatic rings. The van der Waals surface area contributed by atoms with Crippen LogP contribution < -0.4 is 0 Å². The number of aryl methyl sites for hydroxylation is 1. The summed E-state index contributed by atoms with van der Waals surface area (Å²) in [4.78, 5) is 29.5. The number of carboxylic acids is 1. The van der Waals surface area contributed by atoms with Crippen LogP contribution in [0.3, 0.4) is 0 Å². The first-order valence-electron chi connectivity index (χ1n) is 8.01. The minimum Gasteiger partial charge on any atom is -0.480 e. The first kappa shape index (κ1) is 17.4. The van der Waals surface area contributed by atoms with Gasteiger partial charge in [-0.05, 0) is 26.2 Å². The van der Waals surface area contributed by atoms with E-state index in [1.807, 2.05) is 20.8 Å². The molecule has 7 heteroatoms. The highest BCUT2D eigenvalue weighted by atomic mass is 16.5. The van der Waals surface area contributed by atoms with Gasteiger partial charge in [-0.3, -0.25) is 4.79 Å². The summed E-state index contributed by atoms with van der Waals surface area (Å²) in [6.45, 7) is 8.14. The first-order chi connectivity index (χ1) is 10.6. The number of carbonyl (C=O) groups excluding carboxylic acids is 1. The van der Waals surface area contributed by atoms with Gasteiger partial charge in [-0.2, -0.15) is 4.98 Å². The van der Waals surface area contributed by atoms with Gasteiger partial charge in [0.1, 0.15) is 5.54 Å². The summed E-state index contributed by atoms with van der Waals surface area (Å²) in [6.07, 6.45) is 2.61. The van der Waals surface area contributed by atoms with Gasteiger partial charge in [0.2, 0.25) is 11.8 Å². The fraction of sp³-hybridized carbons (Fsp3) is 0.750. The van der Waals surface area contributed by atoms with E-state index < -0.39 is 11.5 Å². The molecular weight excluding hydrogens is 298 g/mol. The molecule has 1 N–H and O–H groups in total. The highest BCUT2D eigenvalue weighted by molar-refractivity contribution is 5.87. The van der Waals surface area contributed by atoms with Crippen LogP contribution in [0.5, 0.6) is 0 Å². The summed E-state index contributed by atoms with van der Waals surface area (Å²) in [6, 6.07) is 0. The molecule has 0 aliphatic carbocycles. The number of rotatable bonds is 5. The van der Waals surface area contributed by atoms with Crippen LogP contribution in [0.4, 0.5) is 0 Å². The molecule has 7 nitrogen and oxygen atoms in total. The van der Waals surface area contributed by atoms with Crippen molar-refractivity contribution in [3.63, 3.8) is 0 Å². The standard InChI is InChI=1S/C16H25N3O4/c1-15(2,3)13-17-11(23-18-13)7-5-8-12(20)19-10-6-9-16(19,4)14(21)22/h5-10H2,1-4H3,(H,21,22). The normalized spacial score (nSPS) is 21.7. The average Bonchev–Trinajstić information content (AvgIpc) is 3.05. The molecule has 1 unspecified atom stereocenters. The number of likely N-dealkylation sites (tertiary alicyclic amines) is 1. The number of hydrogen-bond acceptors (Lipinski definition) is 5. The Morgan fingerprint density at radius 1 is 1.39 bits per heavy atom. The lowest BCUT2D eigenvalue weighted by atomic mass is 9.96. The van der Waals surface area contributed by atoms with Crippen LogP contribution in [0.25, 0.3) is 0 Å². The average molecular weight is 323 g/mol. The second-order valence-electron chi connectivity index (χ2n) is 7.34. The zero-order valence-corrected chi connectivity index (χ0v) is 14.3. The Morgan fingerprint density at radius 3 is 2.65 bits per heavy atom. The van der Waals surface area contributed by atoms with Gasteiger partial charge in [0.25, 0.3) is 0 Å². The van der Waals surface area contributed by atoms with Crippen LogP contribution in [0.15, 0.2) is 4.52 Å². The molecule has 0 spiro atoms. The van der Waals surface area contributed by atoms with Crippen molar-refractivity contribution in [2.24, 2.45) is 0 Å². The van der Waals surface area contributed by atoms with E-state index in [0.717, 1.165) is 6.42 Å². The monoisotopic (exact) mass is 323 g/mol. The quantitative estimate of drug-likeness (QED) is 0.892. The number of carbonyl (C=O) groups is 2. The fourth-order valence-electron chi connectivity index (χ4n) is 2.77. The van der Waals surface area contributed by atoms with E-state index in [0.29, 0.717) is 37.5 Å². The van der Waals surface area contributed by atoms with Crippen molar-refractivity contribution in [1.82, 2.24) is 15.0 Å². The SMILES string of the molecule is CC(C)(C)c1noc(CCCC(=O)N2CCCC2(C)C(=O)O)n1. The molecule has 1 fully saturated rings. The minimum atomic E-state index is -1.07. The van der Waals surface area contributed by atoms with Gasteiger partial charge in [0.05, 0.1) is 0 Å². The third-order valence-corrected chi connectivity index (χ3v) is 4.32. The smallest absolute Gasteiger partial charge is 0.329 e. The third-order valence-electron chi connectivity index (χ3n) is 4.32. The molecule has 1 aliphatic heterocycles. The molecule has 128 valence electrons. The Hall–Kier alpha value is -1.92. The van der Waals surface area contributed by atoms with Crippen LogP contribution in [0.2, 0.25) is 0 Å². The van der Waals surface area contributed by atoms with Crippen LogP contribution in [-0.2, 0) is 21.4 Å². The van der Waals surface area contributed by atoms with E-state index in [1.54, 1.807) is 6.92 Å². The summed E-state index contributed by atoms with van der Waals surface area (Å²) in [5.74, 6) is 0.111. The number of amides is 1. The summed E-state index contributed by atoms with van der Waals surface area (Å²) < 4.78 is 5.20. The van der Waals surface area contributed by atoms with E-state index >= 15 is 0 Å². The van der Waals surface area contributed by atoms with Crippen molar-refractivity contribution in [2.45, 2.75) is 70.8 Å². The third kappa shape index (κ3) is 3.71. The molecule has 2 rings (SSSR count). The maximum Gasteiger partial charge on any atom is 0.329 e. The van der Waals surface area contributed by atoms with Crippen molar-refractivity contribution < 1.29 is 19.2 Å². The molecule has 1 saturated heterocycles. The minimum absolute atomic E-state index is 0.122. The number of aromatic nitrogens is 2. The maximum atomic E-state index is 12.3. The van der Waals surface area contributed by atoms with Gasteiger partial charge in [0.15, 0.2) is 5.82 Å². The predicted octanol–water partition coefficient (Wildman–Crippen LogP) is 2.16. The molecule has 1 aromatic heterocycles. The fourth-order valence-corrected chi connectivity index (χ4v) is 2.77. The van der Waals surface area contributed by atoms with E-state index in [2.05, 4.69) is 10.1 Å². The second-order valence-corrected chi connectivity index (χ2v) is 7.34. The van der Waals surface area contributed by atoms with E-state index in [-0.39, 0.29) is 17.7 Å². The van der Waals surface area contributed by atoms with E-state index in [9.17, 15) is 14.7 Å².